The van der Waals surface area contributed by atoms with Crippen molar-refractivity contribution in [3.8, 4) is 0 Å². The first-order valence-electron chi connectivity index (χ1n) is 9.42. The SMILES string of the molecule is CC1(C)CCC(N2CCC(n3ccc4ccccc43)CC2)CC1. The fourth-order valence-corrected chi connectivity index (χ4v) is 4.70. The Balaban J connectivity index is 1.40. The van der Waals surface area contributed by atoms with Crippen LogP contribution >= 0.6 is 0 Å². The van der Waals surface area contributed by atoms with Crippen LogP contribution in [0, 0.1) is 5.41 Å². The van der Waals surface area contributed by atoms with E-state index in [0.29, 0.717) is 11.5 Å². The molecule has 0 amide bonds. The number of hydrogen-bond donors (Lipinski definition) is 0. The molecule has 1 aliphatic heterocycles. The molecule has 0 bridgehead atoms. The van der Waals surface area contributed by atoms with E-state index in [2.05, 4.69) is 59.8 Å². The van der Waals surface area contributed by atoms with Crippen LogP contribution in [0.2, 0.25) is 0 Å². The minimum Gasteiger partial charge on any atom is -0.344 e. The Hall–Kier alpha value is -1.28. The zero-order valence-electron chi connectivity index (χ0n) is 14.7. The Morgan fingerprint density at radius 3 is 2.30 bits per heavy atom. The molecule has 2 heteroatoms. The van der Waals surface area contributed by atoms with Gasteiger partial charge in [-0.25, -0.2) is 0 Å². The highest BCUT2D eigenvalue weighted by atomic mass is 15.2. The van der Waals surface area contributed by atoms with Crippen LogP contribution in [0.1, 0.15) is 58.4 Å². The van der Waals surface area contributed by atoms with E-state index >= 15 is 0 Å². The lowest BCUT2D eigenvalue weighted by molar-refractivity contribution is 0.0780. The van der Waals surface area contributed by atoms with Gasteiger partial charge in [0.05, 0.1) is 0 Å². The molecule has 1 saturated heterocycles. The van der Waals surface area contributed by atoms with Crippen molar-refractivity contribution in [1.82, 2.24) is 9.47 Å². The first kappa shape index (κ1) is 15.3. The van der Waals surface area contributed by atoms with Gasteiger partial charge < -0.3 is 9.47 Å². The highest BCUT2D eigenvalue weighted by Crippen LogP contribution is 2.38. The molecule has 0 radical (unpaired) electrons. The molecule has 2 fully saturated rings. The van der Waals surface area contributed by atoms with Crippen LogP contribution in [0.4, 0.5) is 0 Å². The Morgan fingerprint density at radius 2 is 1.57 bits per heavy atom. The monoisotopic (exact) mass is 310 g/mol. The minimum absolute atomic E-state index is 0.582. The molecule has 0 atom stereocenters. The molecular weight excluding hydrogens is 280 g/mol. The lowest BCUT2D eigenvalue weighted by Gasteiger charge is -2.43. The topological polar surface area (TPSA) is 8.17 Å². The Kier molecular flexibility index (Phi) is 3.96. The lowest BCUT2D eigenvalue weighted by Crippen LogP contribution is -2.44. The van der Waals surface area contributed by atoms with E-state index < -0.39 is 0 Å². The van der Waals surface area contributed by atoms with Crippen LogP contribution in [0.5, 0.6) is 0 Å². The van der Waals surface area contributed by atoms with Crippen molar-refractivity contribution in [3.63, 3.8) is 0 Å². The summed E-state index contributed by atoms with van der Waals surface area (Å²) in [5.41, 5.74) is 1.99. The maximum absolute atomic E-state index is 2.79. The number of nitrogens with zero attached hydrogens (tertiary/aromatic N) is 2. The lowest BCUT2D eigenvalue weighted by atomic mass is 9.75. The normalized spacial score (nSPS) is 24.3. The van der Waals surface area contributed by atoms with Crippen LogP contribution in [0.15, 0.2) is 36.5 Å². The summed E-state index contributed by atoms with van der Waals surface area (Å²) in [6.45, 7) is 7.43. The van der Waals surface area contributed by atoms with Crippen LogP contribution < -0.4 is 0 Å². The molecule has 2 heterocycles. The van der Waals surface area contributed by atoms with Gasteiger partial charge in [-0.1, -0.05) is 32.0 Å². The van der Waals surface area contributed by atoms with Crippen molar-refractivity contribution in [1.29, 1.82) is 0 Å². The highest BCUT2D eigenvalue weighted by Gasteiger charge is 2.32. The van der Waals surface area contributed by atoms with Gasteiger partial charge in [-0.2, -0.15) is 0 Å². The molecule has 1 saturated carbocycles. The van der Waals surface area contributed by atoms with Gasteiger partial charge in [0.1, 0.15) is 0 Å². The molecular formula is C21H30N2. The van der Waals surface area contributed by atoms with E-state index in [0.717, 1.165) is 6.04 Å². The summed E-state index contributed by atoms with van der Waals surface area (Å²) in [7, 11) is 0. The molecule has 2 aliphatic rings. The van der Waals surface area contributed by atoms with Crippen molar-refractivity contribution < 1.29 is 0 Å². The second-order valence-corrected chi connectivity index (χ2v) is 8.44. The number of aromatic nitrogens is 1. The van der Waals surface area contributed by atoms with Crippen molar-refractivity contribution in [2.75, 3.05) is 13.1 Å². The summed E-state index contributed by atoms with van der Waals surface area (Å²) in [6.07, 6.45) is 10.5. The fraction of sp³-hybridized carbons (Fsp3) is 0.619. The molecule has 2 aromatic rings. The number of likely N-dealkylation sites (tertiary alicyclic amines) is 1. The van der Waals surface area contributed by atoms with Crippen LogP contribution in [0.3, 0.4) is 0 Å². The molecule has 1 aromatic carbocycles. The predicted molar refractivity (Wildman–Crippen MR) is 97.8 cm³/mol. The molecule has 124 valence electrons. The van der Waals surface area contributed by atoms with Crippen LogP contribution in [-0.2, 0) is 0 Å². The molecule has 4 rings (SSSR count). The number of piperidine rings is 1. The number of rotatable bonds is 2. The van der Waals surface area contributed by atoms with Gasteiger partial charge in [0, 0.05) is 36.9 Å². The maximum atomic E-state index is 2.79. The summed E-state index contributed by atoms with van der Waals surface area (Å²) in [5, 5.41) is 1.38. The average Bonchev–Trinajstić information content (AvgIpc) is 2.99. The van der Waals surface area contributed by atoms with Gasteiger partial charge in [-0.15, -0.1) is 0 Å². The van der Waals surface area contributed by atoms with Crippen molar-refractivity contribution in [2.45, 2.75) is 64.5 Å². The Morgan fingerprint density at radius 1 is 0.870 bits per heavy atom. The van der Waals surface area contributed by atoms with Gasteiger partial charge in [0.15, 0.2) is 0 Å². The van der Waals surface area contributed by atoms with Crippen molar-refractivity contribution >= 4 is 10.9 Å². The molecule has 2 nitrogen and oxygen atoms in total. The minimum atomic E-state index is 0.582. The summed E-state index contributed by atoms with van der Waals surface area (Å²) in [4.78, 5) is 2.79. The second-order valence-electron chi connectivity index (χ2n) is 8.44. The summed E-state index contributed by atoms with van der Waals surface area (Å²) < 4.78 is 2.52. The fourth-order valence-electron chi connectivity index (χ4n) is 4.70. The number of para-hydroxylation sites is 1. The van der Waals surface area contributed by atoms with E-state index in [4.69, 9.17) is 0 Å². The van der Waals surface area contributed by atoms with Gasteiger partial charge in [0.2, 0.25) is 0 Å². The number of hydrogen-bond acceptors (Lipinski definition) is 1. The van der Waals surface area contributed by atoms with E-state index in [1.54, 1.807) is 0 Å². The predicted octanol–water partition coefficient (Wildman–Crippen LogP) is 5.25. The van der Waals surface area contributed by atoms with E-state index in [-0.39, 0.29) is 0 Å². The summed E-state index contributed by atoms with van der Waals surface area (Å²) >= 11 is 0. The summed E-state index contributed by atoms with van der Waals surface area (Å²) in [5.74, 6) is 0. The zero-order chi connectivity index (χ0) is 15.9. The van der Waals surface area contributed by atoms with Gasteiger partial charge in [0.25, 0.3) is 0 Å². The van der Waals surface area contributed by atoms with Crippen molar-refractivity contribution in [3.05, 3.63) is 36.5 Å². The summed E-state index contributed by atoms with van der Waals surface area (Å²) in [6, 6.07) is 12.6. The van der Waals surface area contributed by atoms with Crippen molar-refractivity contribution in [2.24, 2.45) is 5.41 Å². The Labute approximate surface area is 140 Å². The maximum Gasteiger partial charge on any atom is 0.0482 e. The third-order valence-corrected chi connectivity index (χ3v) is 6.35. The Bertz CT molecular complexity index is 651. The molecule has 23 heavy (non-hydrogen) atoms. The average molecular weight is 310 g/mol. The van der Waals surface area contributed by atoms with Crippen LogP contribution in [0.25, 0.3) is 10.9 Å². The molecule has 0 spiro atoms. The molecule has 1 aliphatic carbocycles. The van der Waals surface area contributed by atoms with Gasteiger partial charge in [-0.05, 0) is 61.5 Å². The van der Waals surface area contributed by atoms with E-state index in [1.165, 1.54) is 62.5 Å². The van der Waals surface area contributed by atoms with E-state index in [9.17, 15) is 0 Å². The number of fused-ring (bicyclic) bond motifs is 1. The molecule has 0 unspecified atom stereocenters. The van der Waals surface area contributed by atoms with Crippen LogP contribution in [-0.4, -0.2) is 28.6 Å². The van der Waals surface area contributed by atoms with E-state index in [1.807, 2.05) is 0 Å². The number of benzene rings is 1. The zero-order valence-corrected chi connectivity index (χ0v) is 14.7. The van der Waals surface area contributed by atoms with Gasteiger partial charge >= 0.3 is 0 Å². The second kappa shape index (κ2) is 5.98. The molecule has 1 aromatic heterocycles. The molecule has 0 N–H and O–H groups in total. The quantitative estimate of drug-likeness (QED) is 0.735. The van der Waals surface area contributed by atoms with Gasteiger partial charge in [-0.3, -0.25) is 0 Å². The smallest absolute Gasteiger partial charge is 0.0482 e. The standard InChI is InChI=1S/C21H30N2/c1-21(2)12-7-18(8-13-21)22-14-10-19(11-15-22)23-16-9-17-5-3-4-6-20(17)23/h3-6,9,16,18-19H,7-8,10-15H2,1-2H3. The third-order valence-electron chi connectivity index (χ3n) is 6.35. The highest BCUT2D eigenvalue weighted by molar-refractivity contribution is 5.80. The third kappa shape index (κ3) is 3.06. The first-order chi connectivity index (χ1) is 11.1. The first-order valence-corrected chi connectivity index (χ1v) is 9.42. The largest absolute Gasteiger partial charge is 0.344 e.